The number of hydrogen-bond donors (Lipinski definition) is 1. The van der Waals surface area contributed by atoms with Gasteiger partial charge in [0.2, 0.25) is 11.8 Å². The van der Waals surface area contributed by atoms with Gasteiger partial charge < -0.3 is 4.42 Å². The van der Waals surface area contributed by atoms with Gasteiger partial charge in [-0.2, -0.15) is 4.31 Å². The predicted octanol–water partition coefficient (Wildman–Crippen LogP) is 3.21. The summed E-state index contributed by atoms with van der Waals surface area (Å²) in [7, 11) is -3.70. The van der Waals surface area contributed by atoms with Gasteiger partial charge in [-0.05, 0) is 61.4 Å². The maximum absolute atomic E-state index is 12.8. The molecule has 2 aromatic heterocycles. The summed E-state index contributed by atoms with van der Waals surface area (Å²) in [5.41, 5.74) is 2.99. The zero-order valence-corrected chi connectivity index (χ0v) is 17.6. The molecular formula is C19H20N4O4S2. The first kappa shape index (κ1) is 19.7. The van der Waals surface area contributed by atoms with E-state index in [9.17, 15) is 13.2 Å². The van der Waals surface area contributed by atoms with Crippen molar-refractivity contribution < 1.29 is 17.6 Å². The molecule has 152 valence electrons. The average molecular weight is 433 g/mol. The minimum Gasteiger partial charge on any atom is -0.403 e. The fraction of sp³-hybridized carbons (Fsp3) is 0.316. The summed E-state index contributed by atoms with van der Waals surface area (Å²) in [6.45, 7) is 4.30. The highest BCUT2D eigenvalue weighted by molar-refractivity contribution is 7.91. The number of anilines is 1. The second-order valence-electron chi connectivity index (χ2n) is 6.91. The smallest absolute Gasteiger partial charge is 0.322 e. The van der Waals surface area contributed by atoms with Crippen molar-refractivity contribution in [3.63, 3.8) is 0 Å². The molecule has 0 spiro atoms. The molecule has 0 aliphatic carbocycles. The highest BCUT2D eigenvalue weighted by Gasteiger charge is 2.40. The van der Waals surface area contributed by atoms with E-state index in [2.05, 4.69) is 15.5 Å². The second kappa shape index (κ2) is 7.69. The van der Waals surface area contributed by atoms with Crippen LogP contribution in [0, 0.1) is 13.8 Å². The number of carbonyl (C=O) groups excluding carboxylic acids is 1. The van der Waals surface area contributed by atoms with E-state index in [1.54, 1.807) is 17.5 Å². The molecule has 1 atom stereocenters. The first-order chi connectivity index (χ1) is 13.9. The SMILES string of the molecule is Cc1ccc(-c2nnc(NC(=O)C3CCCN3S(=O)(=O)c3cccs3)o2)cc1C. The van der Waals surface area contributed by atoms with Crippen LogP contribution >= 0.6 is 11.3 Å². The molecule has 1 aromatic carbocycles. The van der Waals surface area contributed by atoms with Gasteiger partial charge in [-0.25, -0.2) is 8.42 Å². The van der Waals surface area contributed by atoms with Gasteiger partial charge in [-0.3, -0.25) is 10.1 Å². The van der Waals surface area contributed by atoms with Gasteiger partial charge in [0, 0.05) is 12.1 Å². The lowest BCUT2D eigenvalue weighted by atomic mass is 10.1. The maximum atomic E-state index is 12.8. The summed E-state index contributed by atoms with van der Waals surface area (Å²) < 4.78 is 32.7. The Bertz CT molecular complexity index is 1140. The van der Waals surface area contributed by atoms with E-state index in [1.807, 2.05) is 32.0 Å². The lowest BCUT2D eigenvalue weighted by molar-refractivity contribution is -0.119. The molecule has 1 fully saturated rings. The summed E-state index contributed by atoms with van der Waals surface area (Å²) in [4.78, 5) is 12.7. The molecule has 8 nitrogen and oxygen atoms in total. The fourth-order valence-electron chi connectivity index (χ4n) is 3.27. The number of aromatic nitrogens is 2. The second-order valence-corrected chi connectivity index (χ2v) is 9.97. The molecule has 0 radical (unpaired) electrons. The number of thiophene rings is 1. The predicted molar refractivity (Wildman–Crippen MR) is 109 cm³/mol. The number of amides is 1. The molecule has 1 saturated heterocycles. The number of rotatable bonds is 5. The van der Waals surface area contributed by atoms with Crippen molar-refractivity contribution in [2.75, 3.05) is 11.9 Å². The van der Waals surface area contributed by atoms with Crippen molar-refractivity contribution in [1.29, 1.82) is 0 Å². The van der Waals surface area contributed by atoms with Crippen molar-refractivity contribution in [3.05, 3.63) is 46.8 Å². The lowest BCUT2D eigenvalue weighted by Gasteiger charge is -2.21. The summed E-state index contributed by atoms with van der Waals surface area (Å²) in [6.07, 6.45) is 1.05. The van der Waals surface area contributed by atoms with Crippen LogP contribution in [0.3, 0.4) is 0 Å². The Morgan fingerprint density at radius 1 is 1.24 bits per heavy atom. The van der Waals surface area contributed by atoms with Gasteiger partial charge in [0.25, 0.3) is 10.0 Å². The highest BCUT2D eigenvalue weighted by atomic mass is 32.2. The number of nitrogens with zero attached hydrogens (tertiary/aromatic N) is 3. The largest absolute Gasteiger partial charge is 0.403 e. The molecule has 1 amide bonds. The third-order valence-corrected chi connectivity index (χ3v) is 8.25. The third kappa shape index (κ3) is 3.83. The first-order valence-corrected chi connectivity index (χ1v) is 11.5. The van der Waals surface area contributed by atoms with E-state index in [0.717, 1.165) is 28.0 Å². The van der Waals surface area contributed by atoms with E-state index < -0.39 is 22.0 Å². The van der Waals surface area contributed by atoms with Gasteiger partial charge in [-0.1, -0.05) is 17.2 Å². The Kier molecular flexibility index (Phi) is 5.24. The summed E-state index contributed by atoms with van der Waals surface area (Å²) >= 11 is 1.14. The minimum atomic E-state index is -3.70. The normalized spacial score (nSPS) is 17.5. The molecule has 3 heterocycles. The van der Waals surface area contributed by atoms with Crippen LogP contribution in [0.15, 0.2) is 44.3 Å². The Hall–Kier alpha value is -2.56. The summed E-state index contributed by atoms with van der Waals surface area (Å²) in [5, 5.41) is 12.1. The third-order valence-electron chi connectivity index (χ3n) is 4.97. The molecule has 1 aliphatic rings. The van der Waals surface area contributed by atoms with E-state index >= 15 is 0 Å². The van der Waals surface area contributed by atoms with Gasteiger partial charge in [0.1, 0.15) is 10.3 Å². The maximum Gasteiger partial charge on any atom is 0.322 e. The van der Waals surface area contributed by atoms with Gasteiger partial charge >= 0.3 is 6.01 Å². The van der Waals surface area contributed by atoms with Crippen molar-refractivity contribution in [1.82, 2.24) is 14.5 Å². The van der Waals surface area contributed by atoms with Crippen molar-refractivity contribution >= 4 is 33.3 Å². The Morgan fingerprint density at radius 3 is 2.79 bits per heavy atom. The first-order valence-electron chi connectivity index (χ1n) is 9.13. The monoisotopic (exact) mass is 432 g/mol. The zero-order valence-electron chi connectivity index (χ0n) is 16.0. The quantitative estimate of drug-likeness (QED) is 0.664. The molecule has 10 heteroatoms. The van der Waals surface area contributed by atoms with Crippen LogP contribution in [0.1, 0.15) is 24.0 Å². The topological polar surface area (TPSA) is 105 Å². The average Bonchev–Trinajstić information content (AvgIpc) is 3.45. The number of benzene rings is 1. The number of aryl methyl sites for hydroxylation is 2. The van der Waals surface area contributed by atoms with E-state index in [-0.39, 0.29) is 16.1 Å². The van der Waals surface area contributed by atoms with Crippen LogP contribution in [0.5, 0.6) is 0 Å². The van der Waals surface area contributed by atoms with Crippen LogP contribution in [0.2, 0.25) is 0 Å². The molecule has 1 unspecified atom stereocenters. The molecule has 3 aromatic rings. The van der Waals surface area contributed by atoms with E-state index in [0.29, 0.717) is 19.4 Å². The molecule has 1 N–H and O–H groups in total. The number of sulfonamides is 1. The van der Waals surface area contributed by atoms with Crippen molar-refractivity contribution in [2.24, 2.45) is 0 Å². The number of nitrogens with one attached hydrogen (secondary N) is 1. The fourth-order valence-corrected chi connectivity index (χ4v) is 6.05. The standard InChI is InChI=1S/C19H20N4O4S2/c1-12-7-8-14(11-13(12)2)18-21-22-19(27-18)20-17(24)15-5-3-9-23(15)29(25,26)16-6-4-10-28-16/h4,6-8,10-11,15H,3,5,9H2,1-2H3,(H,20,22,24). The Balaban J connectivity index is 1.51. The van der Waals surface area contributed by atoms with Gasteiger partial charge in [0.05, 0.1) is 0 Å². The van der Waals surface area contributed by atoms with Crippen molar-refractivity contribution in [2.45, 2.75) is 36.9 Å². The molecule has 0 saturated carbocycles. The van der Waals surface area contributed by atoms with Crippen LogP contribution < -0.4 is 5.32 Å². The van der Waals surface area contributed by atoms with Crippen LogP contribution in [-0.4, -0.2) is 41.4 Å². The Labute approximate surface area is 172 Å². The number of hydrogen-bond acceptors (Lipinski definition) is 7. The van der Waals surface area contributed by atoms with Crippen LogP contribution in [0.25, 0.3) is 11.5 Å². The lowest BCUT2D eigenvalue weighted by Crippen LogP contribution is -2.42. The molecular weight excluding hydrogens is 412 g/mol. The van der Waals surface area contributed by atoms with Gasteiger partial charge in [0.15, 0.2) is 0 Å². The van der Waals surface area contributed by atoms with E-state index in [4.69, 9.17) is 4.42 Å². The minimum absolute atomic E-state index is 0.0522. The number of carbonyl (C=O) groups is 1. The molecule has 29 heavy (non-hydrogen) atoms. The van der Waals surface area contributed by atoms with Crippen LogP contribution in [0.4, 0.5) is 6.01 Å². The zero-order chi connectivity index (χ0) is 20.6. The molecule has 1 aliphatic heterocycles. The van der Waals surface area contributed by atoms with Gasteiger partial charge in [-0.15, -0.1) is 16.4 Å². The summed E-state index contributed by atoms with van der Waals surface area (Å²) in [5.74, 6) is -0.184. The molecule has 0 bridgehead atoms. The van der Waals surface area contributed by atoms with Crippen LogP contribution in [-0.2, 0) is 14.8 Å². The highest BCUT2D eigenvalue weighted by Crippen LogP contribution is 2.29. The van der Waals surface area contributed by atoms with Crippen molar-refractivity contribution in [3.8, 4) is 11.5 Å². The van der Waals surface area contributed by atoms with E-state index in [1.165, 1.54) is 4.31 Å². The summed E-state index contributed by atoms with van der Waals surface area (Å²) in [6, 6.07) is 8.12. The molecule has 4 rings (SSSR count). The Morgan fingerprint density at radius 2 is 2.07 bits per heavy atom.